The summed E-state index contributed by atoms with van der Waals surface area (Å²) in [5.74, 6) is -1.14. The van der Waals surface area contributed by atoms with E-state index >= 15 is 0 Å². The number of aromatic nitrogens is 1. The molecule has 3 aromatic rings. The molecular formula is C24H20BrN3O2. The zero-order chi connectivity index (χ0) is 20.7. The molecule has 150 valence electrons. The molecule has 0 saturated carbocycles. The molecule has 2 aliphatic heterocycles. The normalized spacial score (nSPS) is 25.6. The van der Waals surface area contributed by atoms with Gasteiger partial charge in [0.1, 0.15) is 0 Å². The monoisotopic (exact) mass is 461 g/mol. The highest BCUT2D eigenvalue weighted by Crippen LogP contribution is 2.45. The summed E-state index contributed by atoms with van der Waals surface area (Å²) in [5, 5.41) is 3.58. The number of carbonyl (C=O) groups excluding carboxylic acids is 2. The van der Waals surface area contributed by atoms with E-state index in [0.717, 1.165) is 15.6 Å². The van der Waals surface area contributed by atoms with Crippen molar-refractivity contribution >= 4 is 33.4 Å². The Labute approximate surface area is 183 Å². The van der Waals surface area contributed by atoms with Gasteiger partial charge in [-0.25, -0.2) is 4.90 Å². The number of nitrogens with zero attached hydrogens (tertiary/aromatic N) is 2. The highest BCUT2D eigenvalue weighted by molar-refractivity contribution is 9.10. The van der Waals surface area contributed by atoms with Gasteiger partial charge in [0.15, 0.2) is 0 Å². The van der Waals surface area contributed by atoms with E-state index in [4.69, 9.17) is 0 Å². The maximum Gasteiger partial charge on any atom is 0.239 e. The fraction of sp³-hybridized carbons (Fsp3) is 0.208. The highest BCUT2D eigenvalue weighted by atomic mass is 79.9. The van der Waals surface area contributed by atoms with Gasteiger partial charge >= 0.3 is 0 Å². The van der Waals surface area contributed by atoms with E-state index in [-0.39, 0.29) is 23.9 Å². The summed E-state index contributed by atoms with van der Waals surface area (Å²) in [6.45, 7) is 0. The van der Waals surface area contributed by atoms with Gasteiger partial charge in [0.25, 0.3) is 0 Å². The predicted octanol–water partition coefficient (Wildman–Crippen LogP) is 3.91. The number of rotatable bonds is 4. The molecule has 1 aromatic heterocycles. The minimum atomic E-state index is -0.445. The van der Waals surface area contributed by atoms with Crippen molar-refractivity contribution in [1.29, 1.82) is 0 Å². The molecule has 0 spiro atoms. The molecule has 0 aliphatic carbocycles. The van der Waals surface area contributed by atoms with Gasteiger partial charge in [-0.05, 0) is 47.9 Å². The van der Waals surface area contributed by atoms with Crippen LogP contribution in [0.1, 0.15) is 17.2 Å². The SMILES string of the molecule is O=C1[C@@H]2[C@H](C(=O)N1c1ccc(Br)cc1)[C@@H](c1cccnc1)N[C@H]2Cc1ccccc1. The highest BCUT2D eigenvalue weighted by Gasteiger charge is 2.59. The van der Waals surface area contributed by atoms with Crippen LogP contribution in [0.5, 0.6) is 0 Å². The standard InChI is InChI=1S/C24H20BrN3O2/c25-17-8-10-18(11-9-17)28-23(29)20-19(13-15-5-2-1-3-6-15)27-22(21(20)24(28)30)16-7-4-12-26-14-16/h1-12,14,19-22,27H,13H2/t19-,20-,21-,22+/m0/s1. The predicted molar refractivity (Wildman–Crippen MR) is 118 cm³/mol. The second-order valence-corrected chi connectivity index (χ2v) is 8.68. The van der Waals surface area contributed by atoms with Gasteiger partial charge in [-0.15, -0.1) is 0 Å². The Hall–Kier alpha value is -2.83. The average Bonchev–Trinajstić information content (AvgIpc) is 3.27. The van der Waals surface area contributed by atoms with Crippen LogP contribution in [0.15, 0.2) is 83.6 Å². The summed E-state index contributed by atoms with van der Waals surface area (Å²) in [7, 11) is 0. The third-order valence-corrected chi connectivity index (χ3v) is 6.54. The first-order chi connectivity index (χ1) is 14.6. The topological polar surface area (TPSA) is 62.3 Å². The third-order valence-electron chi connectivity index (χ3n) is 6.01. The van der Waals surface area contributed by atoms with Crippen molar-refractivity contribution in [2.45, 2.75) is 18.5 Å². The molecule has 5 nitrogen and oxygen atoms in total. The smallest absolute Gasteiger partial charge is 0.239 e. The van der Waals surface area contributed by atoms with Crippen molar-refractivity contribution in [3.8, 4) is 0 Å². The molecule has 6 heteroatoms. The van der Waals surface area contributed by atoms with E-state index in [0.29, 0.717) is 12.1 Å². The first kappa shape index (κ1) is 19.2. The number of imide groups is 1. The Bertz CT molecular complexity index is 1070. The Kier molecular flexibility index (Phi) is 4.97. The molecule has 2 aromatic carbocycles. The molecule has 1 N–H and O–H groups in total. The van der Waals surface area contributed by atoms with Crippen molar-refractivity contribution < 1.29 is 9.59 Å². The van der Waals surface area contributed by atoms with Gasteiger partial charge < -0.3 is 5.32 Å². The van der Waals surface area contributed by atoms with Gasteiger partial charge in [0, 0.05) is 29.0 Å². The van der Waals surface area contributed by atoms with Crippen molar-refractivity contribution in [2.24, 2.45) is 11.8 Å². The van der Waals surface area contributed by atoms with E-state index in [1.807, 2.05) is 42.5 Å². The van der Waals surface area contributed by atoms with Crippen LogP contribution in [-0.2, 0) is 16.0 Å². The lowest BCUT2D eigenvalue weighted by Crippen LogP contribution is -2.40. The minimum absolute atomic E-state index is 0.125. The third kappa shape index (κ3) is 3.26. The van der Waals surface area contributed by atoms with Gasteiger partial charge in [-0.2, -0.15) is 0 Å². The number of hydrogen-bond acceptors (Lipinski definition) is 4. The van der Waals surface area contributed by atoms with Gasteiger partial charge in [-0.1, -0.05) is 52.3 Å². The maximum atomic E-state index is 13.5. The van der Waals surface area contributed by atoms with Crippen LogP contribution in [0.3, 0.4) is 0 Å². The fourth-order valence-corrected chi connectivity index (χ4v) is 4.95. The lowest BCUT2D eigenvalue weighted by atomic mass is 9.85. The maximum absolute atomic E-state index is 13.5. The van der Waals surface area contributed by atoms with E-state index in [9.17, 15) is 9.59 Å². The van der Waals surface area contributed by atoms with E-state index in [1.165, 1.54) is 4.90 Å². The molecule has 0 radical (unpaired) electrons. The number of pyridine rings is 1. The quantitative estimate of drug-likeness (QED) is 0.598. The van der Waals surface area contributed by atoms with Gasteiger partial charge in [0.2, 0.25) is 11.8 Å². The largest absolute Gasteiger partial charge is 0.305 e. The van der Waals surface area contributed by atoms with Crippen LogP contribution in [0.2, 0.25) is 0 Å². The second kappa shape index (κ2) is 7.78. The Morgan fingerprint density at radius 3 is 2.33 bits per heavy atom. The van der Waals surface area contributed by atoms with Crippen molar-refractivity contribution in [3.63, 3.8) is 0 Å². The lowest BCUT2D eigenvalue weighted by Gasteiger charge is -2.22. The summed E-state index contributed by atoms with van der Waals surface area (Å²) in [6, 6.07) is 20.9. The van der Waals surface area contributed by atoms with Crippen molar-refractivity contribution in [2.75, 3.05) is 4.90 Å². The number of anilines is 1. The molecule has 30 heavy (non-hydrogen) atoms. The molecule has 3 heterocycles. The molecular weight excluding hydrogens is 442 g/mol. The van der Waals surface area contributed by atoms with Crippen LogP contribution in [-0.4, -0.2) is 22.8 Å². The van der Waals surface area contributed by atoms with Crippen LogP contribution in [0.4, 0.5) is 5.69 Å². The summed E-state index contributed by atoms with van der Waals surface area (Å²) in [6.07, 6.45) is 4.18. The number of benzene rings is 2. The van der Waals surface area contributed by atoms with Crippen LogP contribution in [0, 0.1) is 11.8 Å². The minimum Gasteiger partial charge on any atom is -0.305 e. The number of fused-ring (bicyclic) bond motifs is 1. The van der Waals surface area contributed by atoms with Gasteiger partial charge in [0.05, 0.1) is 17.5 Å². The molecule has 5 rings (SSSR count). The van der Waals surface area contributed by atoms with E-state index in [2.05, 4.69) is 38.4 Å². The summed E-state index contributed by atoms with van der Waals surface area (Å²) < 4.78 is 0.905. The first-order valence-electron chi connectivity index (χ1n) is 9.97. The number of hydrogen-bond donors (Lipinski definition) is 1. The second-order valence-electron chi connectivity index (χ2n) is 7.77. The van der Waals surface area contributed by atoms with Crippen LogP contribution < -0.4 is 10.2 Å². The Balaban J connectivity index is 1.53. The molecule has 2 aliphatic rings. The molecule has 0 bridgehead atoms. The van der Waals surface area contributed by atoms with E-state index < -0.39 is 11.8 Å². The molecule has 2 amide bonds. The summed E-state index contributed by atoms with van der Waals surface area (Å²) in [5.41, 5.74) is 2.69. The first-order valence-corrected chi connectivity index (χ1v) is 10.8. The summed E-state index contributed by atoms with van der Waals surface area (Å²) >= 11 is 3.41. The number of carbonyl (C=O) groups is 2. The number of amides is 2. The van der Waals surface area contributed by atoms with Gasteiger partial charge in [-0.3, -0.25) is 14.6 Å². The number of halogens is 1. The zero-order valence-electron chi connectivity index (χ0n) is 16.1. The fourth-order valence-electron chi connectivity index (χ4n) is 4.69. The van der Waals surface area contributed by atoms with Crippen LogP contribution >= 0.6 is 15.9 Å². The molecule has 0 unspecified atom stereocenters. The average molecular weight is 462 g/mol. The Morgan fingerprint density at radius 1 is 0.900 bits per heavy atom. The number of nitrogens with one attached hydrogen (secondary N) is 1. The van der Waals surface area contributed by atoms with Crippen LogP contribution in [0.25, 0.3) is 0 Å². The van der Waals surface area contributed by atoms with Crippen molar-refractivity contribution in [1.82, 2.24) is 10.3 Å². The molecule has 2 saturated heterocycles. The zero-order valence-corrected chi connectivity index (χ0v) is 17.7. The summed E-state index contributed by atoms with van der Waals surface area (Å²) in [4.78, 5) is 32.6. The Morgan fingerprint density at radius 2 is 1.63 bits per heavy atom. The molecule has 4 atom stereocenters. The molecule has 2 fully saturated rings. The van der Waals surface area contributed by atoms with Crippen molar-refractivity contribution in [3.05, 3.63) is 94.7 Å². The van der Waals surface area contributed by atoms with E-state index in [1.54, 1.807) is 24.5 Å². The lowest BCUT2D eigenvalue weighted by molar-refractivity contribution is -0.123.